The number of halogens is 1. The van der Waals surface area contributed by atoms with Crippen molar-refractivity contribution in [1.29, 1.82) is 0 Å². The molecule has 0 atom stereocenters. The molecule has 0 saturated heterocycles. The zero-order valence-electron chi connectivity index (χ0n) is 13.7. The molecule has 0 aromatic heterocycles. The number of carbonyl (C=O) groups is 2. The molecule has 0 aliphatic carbocycles. The fourth-order valence-corrected chi connectivity index (χ4v) is 1.86. The Labute approximate surface area is 147 Å². The molecule has 2 aromatic carbocycles. The molecule has 26 heavy (non-hydrogen) atoms. The van der Waals surface area contributed by atoms with Crippen molar-refractivity contribution in [3.05, 3.63) is 64.0 Å². The minimum Gasteiger partial charge on any atom is -0.482 e. The minimum atomic E-state index is -0.798. The van der Waals surface area contributed by atoms with Crippen LogP contribution < -0.4 is 10.1 Å². The second kappa shape index (κ2) is 8.56. The van der Waals surface area contributed by atoms with E-state index in [2.05, 4.69) is 5.32 Å². The van der Waals surface area contributed by atoms with Gasteiger partial charge in [-0.15, -0.1) is 0 Å². The van der Waals surface area contributed by atoms with Gasteiger partial charge in [-0.25, -0.2) is 9.18 Å². The number of hydrogen-bond donors (Lipinski definition) is 1. The van der Waals surface area contributed by atoms with Crippen molar-refractivity contribution < 1.29 is 28.4 Å². The summed E-state index contributed by atoms with van der Waals surface area (Å²) in [7, 11) is 0. The van der Waals surface area contributed by atoms with E-state index in [1.165, 1.54) is 36.4 Å². The molecule has 0 saturated carbocycles. The van der Waals surface area contributed by atoms with Crippen LogP contribution in [0.2, 0.25) is 0 Å². The van der Waals surface area contributed by atoms with Gasteiger partial charge in [-0.05, 0) is 36.8 Å². The number of anilines is 1. The Kier molecular flexibility index (Phi) is 6.20. The Morgan fingerprint density at radius 2 is 1.85 bits per heavy atom. The minimum absolute atomic E-state index is 0.107. The van der Waals surface area contributed by atoms with Crippen LogP contribution >= 0.6 is 0 Å². The van der Waals surface area contributed by atoms with Gasteiger partial charge in [-0.3, -0.25) is 14.9 Å². The molecule has 2 rings (SSSR count). The van der Waals surface area contributed by atoms with Crippen LogP contribution in [0.15, 0.2) is 42.5 Å². The fraction of sp³-hybridized carbons (Fsp3) is 0.176. The van der Waals surface area contributed by atoms with Crippen LogP contribution in [-0.4, -0.2) is 30.0 Å². The summed E-state index contributed by atoms with van der Waals surface area (Å²) in [6, 6.07) is 9.33. The molecule has 0 fully saturated rings. The largest absolute Gasteiger partial charge is 0.482 e. The van der Waals surface area contributed by atoms with Crippen LogP contribution in [0.25, 0.3) is 0 Å². The molecule has 0 aliphatic rings. The van der Waals surface area contributed by atoms with Crippen LogP contribution in [0.5, 0.6) is 5.75 Å². The molecular weight excluding hydrogens is 347 g/mol. The Morgan fingerprint density at radius 3 is 2.46 bits per heavy atom. The summed E-state index contributed by atoms with van der Waals surface area (Å²) in [6.07, 6.45) is 0. The molecule has 1 N–H and O–H groups in total. The topological polar surface area (TPSA) is 108 Å². The first kappa shape index (κ1) is 18.8. The van der Waals surface area contributed by atoms with Gasteiger partial charge in [0.2, 0.25) is 0 Å². The second-order valence-corrected chi connectivity index (χ2v) is 5.21. The number of nitro benzene ring substituents is 1. The maximum absolute atomic E-state index is 13.4. The zero-order chi connectivity index (χ0) is 19.1. The van der Waals surface area contributed by atoms with Crippen LogP contribution in [0.4, 0.5) is 15.8 Å². The molecule has 2 aromatic rings. The number of amides is 1. The zero-order valence-corrected chi connectivity index (χ0v) is 13.7. The van der Waals surface area contributed by atoms with E-state index in [1.807, 2.05) is 0 Å². The number of hydrogen-bond acceptors (Lipinski definition) is 6. The second-order valence-electron chi connectivity index (χ2n) is 5.21. The van der Waals surface area contributed by atoms with Gasteiger partial charge in [0.05, 0.1) is 4.92 Å². The van der Waals surface area contributed by atoms with Gasteiger partial charge in [-0.2, -0.15) is 0 Å². The lowest BCUT2D eigenvalue weighted by molar-refractivity contribution is -0.384. The monoisotopic (exact) mass is 362 g/mol. The van der Waals surface area contributed by atoms with E-state index in [-0.39, 0.29) is 17.1 Å². The number of non-ortho nitro benzene ring substituents is 1. The highest BCUT2D eigenvalue weighted by Gasteiger charge is 2.10. The quantitative estimate of drug-likeness (QED) is 0.461. The van der Waals surface area contributed by atoms with Crippen molar-refractivity contribution in [2.24, 2.45) is 0 Å². The number of nitro groups is 1. The number of aryl methyl sites for hydroxylation is 1. The molecular formula is C17H15FN2O6. The first-order valence-corrected chi connectivity index (χ1v) is 7.44. The van der Waals surface area contributed by atoms with Gasteiger partial charge >= 0.3 is 5.97 Å². The predicted molar refractivity (Wildman–Crippen MR) is 89.3 cm³/mol. The lowest BCUT2D eigenvalue weighted by atomic mass is 10.2. The van der Waals surface area contributed by atoms with Crippen molar-refractivity contribution in [3.63, 3.8) is 0 Å². The summed E-state index contributed by atoms with van der Waals surface area (Å²) in [4.78, 5) is 33.2. The molecule has 1 amide bonds. The van der Waals surface area contributed by atoms with Gasteiger partial charge in [0.1, 0.15) is 11.6 Å². The average Bonchev–Trinajstić information content (AvgIpc) is 2.61. The number of benzene rings is 2. The SMILES string of the molecule is Cc1ccc(NC(=O)COC(=O)COc2ccc([N+](=O)[O-])cc2)cc1F. The standard InChI is InChI=1S/C17H15FN2O6/c1-11-2-3-12(8-15(11)18)19-16(21)9-26-17(22)10-25-14-6-4-13(5-7-14)20(23)24/h2-8H,9-10H2,1H3,(H,19,21). The van der Waals surface area contributed by atoms with Crippen LogP contribution in [0.1, 0.15) is 5.56 Å². The van der Waals surface area contributed by atoms with Gasteiger partial charge in [0, 0.05) is 17.8 Å². The molecule has 136 valence electrons. The highest BCUT2D eigenvalue weighted by Crippen LogP contribution is 2.17. The molecule has 0 spiro atoms. The first-order valence-electron chi connectivity index (χ1n) is 7.44. The van der Waals surface area contributed by atoms with Gasteiger partial charge in [0.15, 0.2) is 13.2 Å². The average molecular weight is 362 g/mol. The van der Waals surface area contributed by atoms with Gasteiger partial charge < -0.3 is 14.8 Å². The van der Waals surface area contributed by atoms with E-state index in [4.69, 9.17) is 9.47 Å². The molecule has 0 aliphatic heterocycles. The third-order valence-electron chi connectivity index (χ3n) is 3.22. The number of ether oxygens (including phenoxy) is 2. The molecule has 0 heterocycles. The van der Waals surface area contributed by atoms with Gasteiger partial charge in [0.25, 0.3) is 11.6 Å². The van der Waals surface area contributed by atoms with Crippen LogP contribution in [0, 0.1) is 22.9 Å². The van der Waals surface area contributed by atoms with Gasteiger partial charge in [-0.1, -0.05) is 6.07 Å². The highest BCUT2D eigenvalue weighted by molar-refractivity contribution is 5.92. The molecule has 8 nitrogen and oxygen atoms in total. The van der Waals surface area contributed by atoms with Crippen LogP contribution in [0.3, 0.4) is 0 Å². The van der Waals surface area contributed by atoms with Crippen molar-refractivity contribution in [3.8, 4) is 5.75 Å². The number of nitrogens with zero attached hydrogens (tertiary/aromatic N) is 1. The summed E-state index contributed by atoms with van der Waals surface area (Å²) in [6.45, 7) is 0.565. The third-order valence-corrected chi connectivity index (χ3v) is 3.22. The number of carbonyl (C=O) groups excluding carboxylic acids is 2. The summed E-state index contributed by atoms with van der Waals surface area (Å²) >= 11 is 0. The van der Waals surface area contributed by atoms with Crippen molar-refractivity contribution >= 4 is 23.3 Å². The van der Waals surface area contributed by atoms with Crippen molar-refractivity contribution in [2.75, 3.05) is 18.5 Å². The Bertz CT molecular complexity index is 823. The Morgan fingerprint density at radius 1 is 1.15 bits per heavy atom. The lowest BCUT2D eigenvalue weighted by Crippen LogP contribution is -2.23. The number of nitrogens with one attached hydrogen (secondary N) is 1. The predicted octanol–water partition coefficient (Wildman–Crippen LogP) is 2.60. The molecule has 9 heteroatoms. The normalized spacial score (nSPS) is 10.1. The molecule has 0 bridgehead atoms. The molecule has 0 unspecified atom stereocenters. The first-order chi connectivity index (χ1) is 12.3. The molecule has 0 radical (unpaired) electrons. The maximum atomic E-state index is 13.4. The fourth-order valence-electron chi connectivity index (χ4n) is 1.86. The summed E-state index contributed by atoms with van der Waals surface area (Å²) < 4.78 is 23.2. The maximum Gasteiger partial charge on any atom is 0.344 e. The Balaban J connectivity index is 1.74. The summed E-state index contributed by atoms with van der Waals surface area (Å²) in [5.74, 6) is -1.64. The van der Waals surface area contributed by atoms with E-state index in [0.717, 1.165) is 6.07 Å². The summed E-state index contributed by atoms with van der Waals surface area (Å²) in [5, 5.41) is 12.9. The van der Waals surface area contributed by atoms with Crippen molar-refractivity contribution in [1.82, 2.24) is 0 Å². The van der Waals surface area contributed by atoms with E-state index in [1.54, 1.807) is 6.92 Å². The third kappa shape index (κ3) is 5.55. The van der Waals surface area contributed by atoms with Crippen molar-refractivity contribution in [2.45, 2.75) is 6.92 Å². The lowest BCUT2D eigenvalue weighted by Gasteiger charge is -2.08. The van der Waals surface area contributed by atoms with E-state index in [0.29, 0.717) is 5.56 Å². The number of rotatable bonds is 7. The smallest absolute Gasteiger partial charge is 0.344 e. The summed E-state index contributed by atoms with van der Waals surface area (Å²) in [5.41, 5.74) is 0.582. The van der Waals surface area contributed by atoms with Crippen LogP contribution in [-0.2, 0) is 14.3 Å². The van der Waals surface area contributed by atoms with E-state index >= 15 is 0 Å². The number of esters is 1. The Hall–Kier alpha value is -3.49. The van der Waals surface area contributed by atoms with E-state index in [9.17, 15) is 24.1 Å². The van der Waals surface area contributed by atoms with E-state index < -0.39 is 35.8 Å². The highest BCUT2D eigenvalue weighted by atomic mass is 19.1.